The number of thioether (sulfide) groups is 1. The number of rotatable bonds is 9. The van der Waals surface area contributed by atoms with Gasteiger partial charge in [0.15, 0.2) is 0 Å². The molecule has 0 saturated carbocycles. The van der Waals surface area contributed by atoms with Gasteiger partial charge in [-0.1, -0.05) is 18.2 Å². The van der Waals surface area contributed by atoms with E-state index in [9.17, 15) is 14.7 Å². The van der Waals surface area contributed by atoms with Gasteiger partial charge in [-0.3, -0.25) is 9.59 Å². The predicted molar refractivity (Wildman–Crippen MR) is 102 cm³/mol. The van der Waals surface area contributed by atoms with Crippen molar-refractivity contribution < 1.29 is 14.7 Å². The largest absolute Gasteiger partial charge is 0.481 e. The highest BCUT2D eigenvalue weighted by Crippen LogP contribution is 2.23. The smallest absolute Gasteiger partial charge is 0.308 e. The van der Waals surface area contributed by atoms with Crippen molar-refractivity contribution in [2.45, 2.75) is 18.9 Å². The van der Waals surface area contributed by atoms with Crippen molar-refractivity contribution in [1.29, 1.82) is 0 Å². The number of carboxylic acid groups (broad SMARTS) is 1. The monoisotopic (exact) mass is 363 g/mol. The third kappa shape index (κ3) is 4.99. The number of aliphatic carboxylic acids is 1. The number of carbonyl (C=O) groups is 2. The van der Waals surface area contributed by atoms with E-state index in [1.54, 1.807) is 11.8 Å². The van der Waals surface area contributed by atoms with E-state index in [1.165, 1.54) is 0 Å². The molecule has 0 aliphatic rings. The minimum Gasteiger partial charge on any atom is -0.481 e. The summed E-state index contributed by atoms with van der Waals surface area (Å²) in [6.07, 6.45) is 4.84. The number of carboxylic acids is 1. The van der Waals surface area contributed by atoms with E-state index in [0.29, 0.717) is 12.8 Å². The molecule has 2 rings (SSSR count). The average molecular weight is 363 g/mol. The Labute approximate surface area is 151 Å². The summed E-state index contributed by atoms with van der Waals surface area (Å²) in [6, 6.07) is 7.28. The van der Waals surface area contributed by atoms with Gasteiger partial charge in [0.05, 0.1) is 12.0 Å². The molecule has 1 amide bonds. The van der Waals surface area contributed by atoms with E-state index in [-0.39, 0.29) is 12.5 Å². The second kappa shape index (κ2) is 8.92. The van der Waals surface area contributed by atoms with Crippen LogP contribution in [-0.4, -0.2) is 46.1 Å². The molecule has 7 heteroatoms. The van der Waals surface area contributed by atoms with Crippen LogP contribution in [0.1, 0.15) is 12.0 Å². The first-order valence-electron chi connectivity index (χ1n) is 8.22. The standard InChI is InChI=1S/C18H25N3O3S/c1-21-11-13(14-5-3-4-6-16(14)21)9-12(18(23)24)10-20-17(22)15(19)7-8-25-2/h3-6,11-12,15H,7-10,19H2,1-2H3,(H,20,22)(H,23,24)/t12?,15-/m0/s1. The van der Waals surface area contributed by atoms with E-state index < -0.39 is 17.9 Å². The van der Waals surface area contributed by atoms with Crippen LogP contribution in [0.2, 0.25) is 0 Å². The first-order chi connectivity index (χ1) is 11.9. The fourth-order valence-electron chi connectivity index (χ4n) is 2.83. The van der Waals surface area contributed by atoms with Gasteiger partial charge in [-0.15, -0.1) is 0 Å². The lowest BCUT2D eigenvalue weighted by molar-refractivity contribution is -0.141. The summed E-state index contributed by atoms with van der Waals surface area (Å²) < 4.78 is 1.99. The molecule has 1 aromatic carbocycles. The quantitative estimate of drug-likeness (QED) is 0.629. The fourth-order valence-corrected chi connectivity index (χ4v) is 3.32. The number of nitrogens with two attached hydrogens (primary N) is 1. The van der Waals surface area contributed by atoms with Crippen LogP contribution < -0.4 is 11.1 Å². The van der Waals surface area contributed by atoms with Gasteiger partial charge >= 0.3 is 5.97 Å². The third-order valence-electron chi connectivity index (χ3n) is 4.29. The molecule has 6 nitrogen and oxygen atoms in total. The maximum Gasteiger partial charge on any atom is 0.308 e. The van der Waals surface area contributed by atoms with Gasteiger partial charge in [-0.25, -0.2) is 0 Å². The number of hydrogen-bond acceptors (Lipinski definition) is 4. The molecular formula is C18H25N3O3S. The topological polar surface area (TPSA) is 97.4 Å². The summed E-state index contributed by atoms with van der Waals surface area (Å²) >= 11 is 1.63. The van der Waals surface area contributed by atoms with Gasteiger partial charge in [-0.05, 0) is 36.5 Å². The molecule has 1 heterocycles. The number of nitrogens with zero attached hydrogens (tertiary/aromatic N) is 1. The van der Waals surface area contributed by atoms with E-state index in [2.05, 4.69) is 5.32 Å². The number of aromatic nitrogens is 1. The average Bonchev–Trinajstić information content (AvgIpc) is 2.92. The number of hydrogen-bond donors (Lipinski definition) is 3. The Bertz CT molecular complexity index is 744. The van der Waals surface area contributed by atoms with Crippen LogP contribution in [0.25, 0.3) is 10.9 Å². The molecule has 0 spiro atoms. The number of nitrogens with one attached hydrogen (secondary N) is 1. The zero-order chi connectivity index (χ0) is 18.4. The highest BCUT2D eigenvalue weighted by atomic mass is 32.2. The number of amides is 1. The van der Waals surface area contributed by atoms with E-state index >= 15 is 0 Å². The van der Waals surface area contributed by atoms with E-state index in [1.807, 2.05) is 48.3 Å². The van der Waals surface area contributed by atoms with E-state index in [4.69, 9.17) is 5.73 Å². The summed E-state index contributed by atoms with van der Waals surface area (Å²) in [6.45, 7) is 0.0738. The highest BCUT2D eigenvalue weighted by molar-refractivity contribution is 7.98. The predicted octanol–water partition coefficient (Wildman–Crippen LogP) is 1.62. The maximum atomic E-state index is 12.0. The Hall–Kier alpha value is -1.99. The van der Waals surface area contributed by atoms with Crippen LogP contribution in [0.3, 0.4) is 0 Å². The van der Waals surface area contributed by atoms with Crippen LogP contribution in [0.15, 0.2) is 30.5 Å². The van der Waals surface area contributed by atoms with Crippen molar-refractivity contribution in [3.05, 3.63) is 36.0 Å². The molecule has 136 valence electrons. The lowest BCUT2D eigenvalue weighted by atomic mass is 9.98. The van der Waals surface area contributed by atoms with Gasteiger partial charge in [0.1, 0.15) is 0 Å². The molecule has 1 aromatic heterocycles. The number of carbonyl (C=O) groups excluding carboxylic acids is 1. The highest BCUT2D eigenvalue weighted by Gasteiger charge is 2.22. The van der Waals surface area contributed by atoms with E-state index in [0.717, 1.165) is 22.2 Å². The van der Waals surface area contributed by atoms with Crippen LogP contribution in [-0.2, 0) is 23.1 Å². The number of benzene rings is 1. The number of fused-ring (bicyclic) bond motifs is 1. The van der Waals surface area contributed by atoms with Crippen LogP contribution in [0, 0.1) is 5.92 Å². The van der Waals surface area contributed by atoms with Crippen molar-refractivity contribution in [3.8, 4) is 0 Å². The molecule has 0 bridgehead atoms. The Morgan fingerprint density at radius 2 is 2.08 bits per heavy atom. The van der Waals surface area contributed by atoms with Crippen molar-refractivity contribution in [2.75, 3.05) is 18.6 Å². The lowest BCUT2D eigenvalue weighted by Gasteiger charge is -2.16. The Morgan fingerprint density at radius 3 is 2.76 bits per heavy atom. The molecular weight excluding hydrogens is 338 g/mol. The van der Waals surface area contributed by atoms with Crippen molar-refractivity contribution >= 4 is 34.5 Å². The maximum absolute atomic E-state index is 12.0. The van der Waals surface area contributed by atoms with Gasteiger partial charge in [0, 0.05) is 30.7 Å². The Morgan fingerprint density at radius 1 is 1.36 bits per heavy atom. The summed E-state index contributed by atoms with van der Waals surface area (Å²) in [7, 11) is 1.94. The molecule has 0 aliphatic heterocycles. The molecule has 0 saturated heterocycles. The lowest BCUT2D eigenvalue weighted by Crippen LogP contribution is -2.44. The van der Waals surface area contributed by atoms with Gasteiger partial charge < -0.3 is 20.7 Å². The summed E-state index contributed by atoms with van der Waals surface area (Å²) in [5.74, 6) is -1.11. The molecule has 25 heavy (non-hydrogen) atoms. The first kappa shape index (κ1) is 19.3. The molecule has 0 fully saturated rings. The summed E-state index contributed by atoms with van der Waals surface area (Å²) in [5.41, 5.74) is 7.84. The number of aryl methyl sites for hydroxylation is 1. The van der Waals surface area contributed by atoms with Gasteiger partial charge in [0.25, 0.3) is 0 Å². The van der Waals surface area contributed by atoms with Crippen molar-refractivity contribution in [2.24, 2.45) is 18.7 Å². The SMILES string of the molecule is CSCC[C@H](N)C(=O)NCC(Cc1cn(C)c2ccccc12)C(=O)O. The fraction of sp³-hybridized carbons (Fsp3) is 0.444. The van der Waals surface area contributed by atoms with Crippen LogP contribution in [0.5, 0.6) is 0 Å². The van der Waals surface area contributed by atoms with Gasteiger partial charge in [-0.2, -0.15) is 11.8 Å². The minimum absolute atomic E-state index is 0.0738. The van der Waals surface area contributed by atoms with Crippen LogP contribution in [0.4, 0.5) is 0 Å². The molecule has 2 atom stereocenters. The summed E-state index contributed by atoms with van der Waals surface area (Å²) in [5, 5.41) is 13.2. The third-order valence-corrected chi connectivity index (χ3v) is 4.93. The Kier molecular flexibility index (Phi) is 6.90. The molecule has 1 unspecified atom stereocenters. The first-order valence-corrected chi connectivity index (χ1v) is 9.61. The zero-order valence-corrected chi connectivity index (χ0v) is 15.4. The normalized spacial score (nSPS) is 13.6. The second-order valence-corrected chi connectivity index (χ2v) is 7.14. The molecule has 2 aromatic rings. The molecule has 0 aliphatic carbocycles. The minimum atomic E-state index is -0.925. The molecule has 0 radical (unpaired) electrons. The molecule has 4 N–H and O–H groups in total. The van der Waals surface area contributed by atoms with Crippen LogP contribution >= 0.6 is 11.8 Å². The van der Waals surface area contributed by atoms with Crippen molar-refractivity contribution in [1.82, 2.24) is 9.88 Å². The van der Waals surface area contributed by atoms with Gasteiger partial charge in [0.2, 0.25) is 5.91 Å². The summed E-state index contributed by atoms with van der Waals surface area (Å²) in [4.78, 5) is 23.6. The second-order valence-electron chi connectivity index (χ2n) is 6.15. The number of para-hydroxylation sites is 1. The van der Waals surface area contributed by atoms with Crippen molar-refractivity contribution in [3.63, 3.8) is 0 Å². The Balaban J connectivity index is 2.03. The zero-order valence-electron chi connectivity index (χ0n) is 14.6.